The van der Waals surface area contributed by atoms with E-state index in [0.717, 1.165) is 26.1 Å². The average molecular weight is 261 g/mol. The molecule has 0 unspecified atom stereocenters. The van der Waals surface area contributed by atoms with Crippen molar-refractivity contribution in [2.75, 3.05) is 19.6 Å². The minimum Gasteiger partial charge on any atom is -0.441 e. The highest BCUT2D eigenvalue weighted by Gasteiger charge is 2.14. The van der Waals surface area contributed by atoms with Crippen LogP contribution in [-0.4, -0.2) is 34.4 Å². The maximum Gasteiger partial charge on any atom is 0.271 e. The van der Waals surface area contributed by atoms with E-state index in [9.17, 15) is 10.1 Å². The van der Waals surface area contributed by atoms with Crippen LogP contribution in [0, 0.1) is 10.1 Å². The summed E-state index contributed by atoms with van der Waals surface area (Å²) in [6, 6.07) is 4.51. The van der Waals surface area contributed by atoms with Crippen LogP contribution < -0.4 is 0 Å². The third-order valence-electron chi connectivity index (χ3n) is 3.47. The molecule has 0 amide bonds. The van der Waals surface area contributed by atoms with E-state index in [-0.39, 0.29) is 5.69 Å². The fraction of sp³-hybridized carbons (Fsp3) is 0.462. The lowest BCUT2D eigenvalue weighted by molar-refractivity contribution is -0.384. The second-order valence-corrected chi connectivity index (χ2v) is 4.82. The van der Waals surface area contributed by atoms with Gasteiger partial charge >= 0.3 is 0 Å². The summed E-state index contributed by atoms with van der Waals surface area (Å²) in [7, 11) is 0. The summed E-state index contributed by atoms with van der Waals surface area (Å²) in [6.07, 6.45) is 3.28. The quantitative estimate of drug-likeness (QED) is 0.624. The van der Waals surface area contributed by atoms with Gasteiger partial charge in [0, 0.05) is 25.1 Å². The topological polar surface area (TPSA) is 72.4 Å². The highest BCUT2D eigenvalue weighted by molar-refractivity contribution is 5.75. The zero-order valence-corrected chi connectivity index (χ0v) is 10.5. The van der Waals surface area contributed by atoms with Crippen LogP contribution in [0.4, 0.5) is 5.69 Å². The molecule has 19 heavy (non-hydrogen) atoms. The monoisotopic (exact) mass is 261 g/mol. The maximum atomic E-state index is 10.7. The fourth-order valence-electron chi connectivity index (χ4n) is 2.44. The lowest BCUT2D eigenvalue weighted by Crippen LogP contribution is -2.21. The number of non-ortho nitro benzene ring substituents is 1. The molecule has 0 atom stereocenters. The number of nitrogens with zero attached hydrogens (tertiary/aromatic N) is 3. The Balaban J connectivity index is 1.75. The second-order valence-electron chi connectivity index (χ2n) is 4.82. The van der Waals surface area contributed by atoms with Gasteiger partial charge in [0.2, 0.25) is 0 Å². The van der Waals surface area contributed by atoms with E-state index in [4.69, 9.17) is 4.42 Å². The largest absolute Gasteiger partial charge is 0.441 e. The SMILES string of the molecule is O=[N+]([O-])c1ccc2oc(CCN3CCCC3)nc2c1. The highest BCUT2D eigenvalue weighted by atomic mass is 16.6. The van der Waals surface area contributed by atoms with Crippen molar-refractivity contribution in [1.82, 2.24) is 9.88 Å². The molecule has 1 saturated heterocycles. The molecule has 6 nitrogen and oxygen atoms in total. The van der Waals surface area contributed by atoms with E-state index < -0.39 is 4.92 Å². The first-order valence-corrected chi connectivity index (χ1v) is 6.48. The van der Waals surface area contributed by atoms with Crippen LogP contribution >= 0.6 is 0 Å². The number of hydrogen-bond acceptors (Lipinski definition) is 5. The molecule has 0 aliphatic carbocycles. The molecule has 0 saturated carbocycles. The van der Waals surface area contributed by atoms with Gasteiger partial charge in [-0.05, 0) is 32.0 Å². The molecule has 100 valence electrons. The Morgan fingerprint density at radius 2 is 2.16 bits per heavy atom. The summed E-state index contributed by atoms with van der Waals surface area (Å²) in [5, 5.41) is 10.7. The van der Waals surface area contributed by atoms with Crippen LogP contribution in [0.2, 0.25) is 0 Å². The number of nitro benzene ring substituents is 1. The first kappa shape index (κ1) is 12.1. The molecule has 2 aromatic rings. The molecule has 3 rings (SSSR count). The number of rotatable bonds is 4. The minimum atomic E-state index is -0.419. The summed E-state index contributed by atoms with van der Waals surface area (Å²) < 4.78 is 5.60. The van der Waals surface area contributed by atoms with E-state index in [0.29, 0.717) is 17.0 Å². The number of likely N-dealkylation sites (tertiary alicyclic amines) is 1. The molecule has 0 radical (unpaired) electrons. The predicted octanol–water partition coefficient (Wildman–Crippen LogP) is 2.37. The van der Waals surface area contributed by atoms with Gasteiger partial charge in [0.1, 0.15) is 5.52 Å². The number of fused-ring (bicyclic) bond motifs is 1. The lowest BCUT2D eigenvalue weighted by atomic mass is 10.3. The summed E-state index contributed by atoms with van der Waals surface area (Å²) in [6.45, 7) is 3.23. The Morgan fingerprint density at radius 3 is 2.89 bits per heavy atom. The summed E-state index contributed by atoms with van der Waals surface area (Å²) in [4.78, 5) is 17.0. The number of oxazole rings is 1. The van der Waals surface area contributed by atoms with Gasteiger partial charge in [-0.15, -0.1) is 0 Å². The zero-order valence-electron chi connectivity index (χ0n) is 10.5. The maximum absolute atomic E-state index is 10.7. The molecule has 6 heteroatoms. The molecular weight excluding hydrogens is 246 g/mol. The van der Waals surface area contributed by atoms with E-state index in [1.54, 1.807) is 6.07 Å². The Bertz CT molecular complexity index is 602. The van der Waals surface area contributed by atoms with Gasteiger partial charge in [-0.25, -0.2) is 4.98 Å². The standard InChI is InChI=1S/C13H15N3O3/c17-16(18)10-3-4-12-11(9-10)14-13(19-12)5-8-15-6-1-2-7-15/h3-4,9H,1-2,5-8H2. The zero-order chi connectivity index (χ0) is 13.2. The first-order chi connectivity index (χ1) is 9.22. The van der Waals surface area contributed by atoms with Crippen LogP contribution in [0.5, 0.6) is 0 Å². The van der Waals surface area contributed by atoms with Gasteiger partial charge < -0.3 is 9.32 Å². The van der Waals surface area contributed by atoms with Crippen molar-refractivity contribution in [2.45, 2.75) is 19.3 Å². The molecule has 0 spiro atoms. The lowest BCUT2D eigenvalue weighted by Gasteiger charge is -2.12. The summed E-state index contributed by atoms with van der Waals surface area (Å²) in [5.74, 6) is 0.655. The molecule has 1 aliphatic rings. The number of hydrogen-bond donors (Lipinski definition) is 0. The van der Waals surface area contributed by atoms with Crippen molar-refractivity contribution in [3.63, 3.8) is 0 Å². The summed E-state index contributed by atoms with van der Waals surface area (Å²) >= 11 is 0. The average Bonchev–Trinajstić information content (AvgIpc) is 3.04. The van der Waals surface area contributed by atoms with Gasteiger partial charge in [-0.3, -0.25) is 10.1 Å². The smallest absolute Gasteiger partial charge is 0.271 e. The molecule has 0 bridgehead atoms. The molecular formula is C13H15N3O3. The van der Waals surface area contributed by atoms with Crippen molar-refractivity contribution in [3.05, 3.63) is 34.2 Å². The van der Waals surface area contributed by atoms with E-state index in [1.807, 2.05) is 0 Å². The molecule has 0 N–H and O–H groups in total. The molecule has 1 aliphatic heterocycles. The Labute approximate surface area is 110 Å². The van der Waals surface area contributed by atoms with Crippen LogP contribution in [0.1, 0.15) is 18.7 Å². The third-order valence-corrected chi connectivity index (χ3v) is 3.47. The van der Waals surface area contributed by atoms with Crippen LogP contribution in [-0.2, 0) is 6.42 Å². The predicted molar refractivity (Wildman–Crippen MR) is 70.0 cm³/mol. The van der Waals surface area contributed by atoms with E-state index in [1.165, 1.54) is 25.0 Å². The normalized spacial score (nSPS) is 16.2. The number of nitro groups is 1. The first-order valence-electron chi connectivity index (χ1n) is 6.48. The van der Waals surface area contributed by atoms with Crippen LogP contribution in [0.3, 0.4) is 0 Å². The van der Waals surface area contributed by atoms with Gasteiger partial charge in [-0.1, -0.05) is 0 Å². The molecule has 1 aromatic carbocycles. The van der Waals surface area contributed by atoms with Gasteiger partial charge in [0.05, 0.1) is 4.92 Å². The van der Waals surface area contributed by atoms with E-state index >= 15 is 0 Å². The Kier molecular flexibility index (Phi) is 3.16. The third kappa shape index (κ3) is 2.58. The van der Waals surface area contributed by atoms with Gasteiger partial charge in [-0.2, -0.15) is 0 Å². The van der Waals surface area contributed by atoms with Crippen molar-refractivity contribution in [1.29, 1.82) is 0 Å². The van der Waals surface area contributed by atoms with Crippen molar-refractivity contribution in [3.8, 4) is 0 Å². The van der Waals surface area contributed by atoms with Crippen LogP contribution in [0.15, 0.2) is 22.6 Å². The van der Waals surface area contributed by atoms with Gasteiger partial charge in [0.25, 0.3) is 5.69 Å². The number of benzene rings is 1. The van der Waals surface area contributed by atoms with Crippen molar-refractivity contribution in [2.24, 2.45) is 0 Å². The Hall–Kier alpha value is -1.95. The number of aromatic nitrogens is 1. The molecule has 1 aromatic heterocycles. The minimum absolute atomic E-state index is 0.0480. The van der Waals surface area contributed by atoms with Crippen molar-refractivity contribution < 1.29 is 9.34 Å². The van der Waals surface area contributed by atoms with E-state index in [2.05, 4.69) is 9.88 Å². The fourth-order valence-corrected chi connectivity index (χ4v) is 2.44. The second kappa shape index (κ2) is 4.97. The highest BCUT2D eigenvalue weighted by Crippen LogP contribution is 2.21. The van der Waals surface area contributed by atoms with Gasteiger partial charge in [0.15, 0.2) is 11.5 Å². The molecule has 2 heterocycles. The molecule has 1 fully saturated rings. The van der Waals surface area contributed by atoms with Crippen LogP contribution in [0.25, 0.3) is 11.1 Å². The Morgan fingerprint density at radius 1 is 1.37 bits per heavy atom. The summed E-state index contributed by atoms with van der Waals surface area (Å²) in [5.41, 5.74) is 1.22. The van der Waals surface area contributed by atoms with Crippen molar-refractivity contribution >= 4 is 16.8 Å².